The van der Waals surface area contributed by atoms with Crippen LogP contribution in [-0.2, 0) is 4.79 Å². The first-order valence-corrected chi connectivity index (χ1v) is 4.71. The Balaban J connectivity index is 2.59. The summed E-state index contributed by atoms with van der Waals surface area (Å²) >= 11 is 0. The molecule has 1 aromatic rings. The van der Waals surface area contributed by atoms with Crippen LogP contribution in [0.25, 0.3) is 0 Å². The Morgan fingerprint density at radius 2 is 1.86 bits per heavy atom. The molecule has 1 unspecified atom stereocenters. The first-order chi connectivity index (χ1) is 6.61. The Hall–Kier alpha value is -1.35. The van der Waals surface area contributed by atoms with Crippen molar-refractivity contribution >= 4 is 5.91 Å². The summed E-state index contributed by atoms with van der Waals surface area (Å²) in [6.07, 6.45) is 0. The van der Waals surface area contributed by atoms with E-state index in [1.165, 1.54) is 0 Å². The van der Waals surface area contributed by atoms with Gasteiger partial charge in [-0.3, -0.25) is 10.1 Å². The zero-order valence-corrected chi connectivity index (χ0v) is 8.53. The third-order valence-electron chi connectivity index (χ3n) is 2.23. The highest BCUT2D eigenvalue weighted by atomic mass is 16.1. The number of nitrogens with one attached hydrogen (secondary N) is 1. The zero-order valence-electron chi connectivity index (χ0n) is 8.53. The number of rotatable bonds is 4. The van der Waals surface area contributed by atoms with E-state index < -0.39 is 0 Å². The number of carbonyl (C=O) groups is 1. The van der Waals surface area contributed by atoms with Crippen molar-refractivity contribution in [2.45, 2.75) is 25.9 Å². The summed E-state index contributed by atoms with van der Waals surface area (Å²) < 4.78 is 0. The van der Waals surface area contributed by atoms with Gasteiger partial charge in [-0.2, -0.15) is 0 Å². The van der Waals surface area contributed by atoms with Crippen molar-refractivity contribution in [3.63, 3.8) is 0 Å². The molecule has 14 heavy (non-hydrogen) atoms. The van der Waals surface area contributed by atoms with E-state index in [2.05, 4.69) is 5.32 Å². The van der Waals surface area contributed by atoms with E-state index >= 15 is 0 Å². The molecule has 0 aliphatic rings. The molecule has 3 heteroatoms. The normalized spacial score (nSPS) is 14.7. The van der Waals surface area contributed by atoms with Gasteiger partial charge in [-0.15, -0.1) is 0 Å². The topological polar surface area (TPSA) is 55.1 Å². The predicted molar refractivity (Wildman–Crippen MR) is 56.6 cm³/mol. The second-order valence-corrected chi connectivity index (χ2v) is 3.42. The van der Waals surface area contributed by atoms with Crippen LogP contribution >= 0.6 is 0 Å². The van der Waals surface area contributed by atoms with Gasteiger partial charge in [-0.1, -0.05) is 30.3 Å². The van der Waals surface area contributed by atoms with Crippen LogP contribution in [0.1, 0.15) is 25.5 Å². The fourth-order valence-corrected chi connectivity index (χ4v) is 1.30. The fourth-order valence-electron chi connectivity index (χ4n) is 1.30. The molecule has 0 saturated heterocycles. The molecule has 0 bridgehead atoms. The molecular formula is C11H16N2O. The van der Waals surface area contributed by atoms with Gasteiger partial charge in [0.1, 0.15) is 0 Å². The van der Waals surface area contributed by atoms with Crippen molar-refractivity contribution in [3.05, 3.63) is 35.9 Å². The molecule has 0 aliphatic carbocycles. The number of carbonyl (C=O) groups excluding carboxylic acids is 1. The van der Waals surface area contributed by atoms with Crippen LogP contribution in [-0.4, -0.2) is 11.9 Å². The highest BCUT2D eigenvalue weighted by Gasteiger charge is 2.12. The van der Waals surface area contributed by atoms with Crippen LogP contribution in [0.3, 0.4) is 0 Å². The molecule has 0 aliphatic heterocycles. The van der Waals surface area contributed by atoms with Crippen molar-refractivity contribution in [1.82, 2.24) is 5.32 Å². The molecule has 0 spiro atoms. The standard InChI is InChI=1S/C11H16N2O/c1-8(13-9(2)11(12)14)10-6-4-3-5-7-10/h3-9,13H,1-2H3,(H2,12,14)/t8-,9?/m1/s1. The largest absolute Gasteiger partial charge is 0.368 e. The molecule has 3 N–H and O–H groups in total. The molecule has 76 valence electrons. The van der Waals surface area contributed by atoms with Crippen molar-refractivity contribution in [1.29, 1.82) is 0 Å². The summed E-state index contributed by atoms with van der Waals surface area (Å²) in [6.45, 7) is 3.77. The summed E-state index contributed by atoms with van der Waals surface area (Å²) in [7, 11) is 0. The molecule has 0 radical (unpaired) electrons. The SMILES string of the molecule is CC(N[C@H](C)c1ccccc1)C(N)=O. The molecule has 2 atom stereocenters. The summed E-state index contributed by atoms with van der Waals surface area (Å²) in [4.78, 5) is 10.8. The summed E-state index contributed by atoms with van der Waals surface area (Å²) in [5.74, 6) is -0.326. The van der Waals surface area contributed by atoms with E-state index in [4.69, 9.17) is 5.73 Å². The van der Waals surface area contributed by atoms with Crippen molar-refractivity contribution < 1.29 is 4.79 Å². The van der Waals surface area contributed by atoms with Crippen LogP contribution in [0.5, 0.6) is 0 Å². The fraction of sp³-hybridized carbons (Fsp3) is 0.364. The maximum atomic E-state index is 10.8. The third kappa shape index (κ3) is 2.85. The van der Waals surface area contributed by atoms with Gasteiger partial charge in [0.25, 0.3) is 0 Å². The monoisotopic (exact) mass is 192 g/mol. The lowest BCUT2D eigenvalue weighted by molar-refractivity contribution is -0.119. The van der Waals surface area contributed by atoms with Gasteiger partial charge in [-0.25, -0.2) is 0 Å². The summed E-state index contributed by atoms with van der Waals surface area (Å²) in [6, 6.07) is 9.79. The Bertz CT molecular complexity index is 297. The average Bonchev–Trinajstić information content (AvgIpc) is 2.19. The van der Waals surface area contributed by atoms with Gasteiger partial charge in [-0.05, 0) is 19.4 Å². The zero-order chi connectivity index (χ0) is 10.6. The highest BCUT2D eigenvalue weighted by Crippen LogP contribution is 2.11. The number of amides is 1. The third-order valence-corrected chi connectivity index (χ3v) is 2.23. The van der Waals surface area contributed by atoms with E-state index in [0.29, 0.717) is 0 Å². The van der Waals surface area contributed by atoms with Crippen LogP contribution in [0.4, 0.5) is 0 Å². The summed E-state index contributed by atoms with van der Waals surface area (Å²) in [5, 5.41) is 3.12. The molecule has 0 saturated carbocycles. The minimum Gasteiger partial charge on any atom is -0.368 e. The maximum absolute atomic E-state index is 10.8. The van der Waals surface area contributed by atoms with Crippen molar-refractivity contribution in [2.75, 3.05) is 0 Å². The van der Waals surface area contributed by atoms with E-state index in [1.54, 1.807) is 6.92 Å². The first-order valence-electron chi connectivity index (χ1n) is 4.71. The van der Waals surface area contributed by atoms with Gasteiger partial charge in [0.15, 0.2) is 0 Å². The molecule has 1 amide bonds. The molecule has 0 heterocycles. The van der Waals surface area contributed by atoms with Crippen LogP contribution in [0.2, 0.25) is 0 Å². The number of benzene rings is 1. The lowest BCUT2D eigenvalue weighted by Crippen LogP contribution is -2.39. The Morgan fingerprint density at radius 3 is 2.36 bits per heavy atom. The predicted octanol–water partition coefficient (Wildman–Crippen LogP) is 1.21. The lowest BCUT2D eigenvalue weighted by atomic mass is 10.1. The van der Waals surface area contributed by atoms with Gasteiger partial charge in [0, 0.05) is 6.04 Å². The maximum Gasteiger partial charge on any atom is 0.234 e. The minimum absolute atomic E-state index is 0.138. The van der Waals surface area contributed by atoms with E-state index in [1.807, 2.05) is 37.3 Å². The van der Waals surface area contributed by atoms with Crippen LogP contribution in [0, 0.1) is 0 Å². The molecule has 1 aromatic carbocycles. The van der Waals surface area contributed by atoms with Gasteiger partial charge in [0.2, 0.25) is 5.91 Å². The van der Waals surface area contributed by atoms with E-state index in [-0.39, 0.29) is 18.0 Å². The molecule has 1 rings (SSSR count). The lowest BCUT2D eigenvalue weighted by Gasteiger charge is -2.17. The van der Waals surface area contributed by atoms with Gasteiger partial charge < -0.3 is 5.73 Å². The van der Waals surface area contributed by atoms with E-state index in [0.717, 1.165) is 5.56 Å². The molecule has 3 nitrogen and oxygen atoms in total. The number of primary amides is 1. The number of nitrogens with two attached hydrogens (primary N) is 1. The second-order valence-electron chi connectivity index (χ2n) is 3.42. The quantitative estimate of drug-likeness (QED) is 0.753. The van der Waals surface area contributed by atoms with Crippen LogP contribution in [0.15, 0.2) is 30.3 Å². The van der Waals surface area contributed by atoms with Gasteiger partial charge >= 0.3 is 0 Å². The second kappa shape index (κ2) is 4.77. The molecule has 0 aromatic heterocycles. The Labute approximate surface area is 84.3 Å². The van der Waals surface area contributed by atoms with Crippen molar-refractivity contribution in [2.24, 2.45) is 5.73 Å². The molecule has 0 fully saturated rings. The minimum atomic E-state index is -0.326. The Morgan fingerprint density at radius 1 is 1.29 bits per heavy atom. The number of hydrogen-bond acceptors (Lipinski definition) is 2. The van der Waals surface area contributed by atoms with Gasteiger partial charge in [0.05, 0.1) is 6.04 Å². The Kier molecular flexibility index (Phi) is 3.65. The smallest absolute Gasteiger partial charge is 0.234 e. The number of hydrogen-bond donors (Lipinski definition) is 2. The highest BCUT2D eigenvalue weighted by molar-refractivity contribution is 5.79. The van der Waals surface area contributed by atoms with E-state index in [9.17, 15) is 4.79 Å². The summed E-state index contributed by atoms with van der Waals surface area (Å²) in [5.41, 5.74) is 6.31. The first kappa shape index (κ1) is 10.7. The van der Waals surface area contributed by atoms with Crippen LogP contribution < -0.4 is 11.1 Å². The average molecular weight is 192 g/mol. The van der Waals surface area contributed by atoms with Crippen molar-refractivity contribution in [3.8, 4) is 0 Å². The molecular weight excluding hydrogens is 176 g/mol.